The Hall–Kier alpha value is -3.14. The van der Waals surface area contributed by atoms with Crippen LogP contribution in [0.5, 0.6) is 11.5 Å². The molecule has 0 fully saturated rings. The number of pyridine rings is 1. The van der Waals surface area contributed by atoms with Gasteiger partial charge in [-0.15, -0.1) is 0 Å². The molecule has 0 unspecified atom stereocenters. The number of carbonyl (C=O) groups excluding carboxylic acids is 1. The Balaban J connectivity index is 1.74. The Kier molecular flexibility index (Phi) is 4.34. The lowest BCUT2D eigenvalue weighted by Gasteiger charge is -2.08. The fourth-order valence-corrected chi connectivity index (χ4v) is 2.08. The third-order valence-corrected chi connectivity index (χ3v) is 3.27. The number of nitrogens with zero attached hydrogens (tertiary/aromatic N) is 1. The zero-order valence-corrected chi connectivity index (χ0v) is 12.7. The molecule has 0 aliphatic carbocycles. The number of carbonyl (C=O) groups is 1. The Morgan fingerprint density at radius 2 is 1.83 bits per heavy atom. The summed E-state index contributed by atoms with van der Waals surface area (Å²) in [5.74, 6) is 1.15. The van der Waals surface area contributed by atoms with Crippen molar-refractivity contribution < 1.29 is 9.53 Å². The molecule has 0 spiro atoms. The van der Waals surface area contributed by atoms with Crippen LogP contribution >= 0.6 is 0 Å². The van der Waals surface area contributed by atoms with E-state index in [9.17, 15) is 4.79 Å². The number of benzene rings is 2. The van der Waals surface area contributed by atoms with Crippen molar-refractivity contribution in [3.63, 3.8) is 0 Å². The van der Waals surface area contributed by atoms with Crippen LogP contribution < -0.4 is 10.1 Å². The number of ether oxygens (including phenoxy) is 1. The van der Waals surface area contributed by atoms with Gasteiger partial charge >= 0.3 is 0 Å². The SMILES string of the molecule is Cc1ccc(Oc2cccc(C(=O)Nc3cccnc3)c2)cc1. The van der Waals surface area contributed by atoms with E-state index < -0.39 is 0 Å². The average molecular weight is 304 g/mol. The normalized spacial score (nSPS) is 10.1. The van der Waals surface area contributed by atoms with Crippen LogP contribution in [-0.4, -0.2) is 10.9 Å². The maximum Gasteiger partial charge on any atom is 0.255 e. The summed E-state index contributed by atoms with van der Waals surface area (Å²) in [6.45, 7) is 2.02. The minimum Gasteiger partial charge on any atom is -0.457 e. The van der Waals surface area contributed by atoms with Gasteiger partial charge in [0.1, 0.15) is 11.5 Å². The first-order valence-electron chi connectivity index (χ1n) is 7.27. The van der Waals surface area contributed by atoms with E-state index in [1.165, 1.54) is 5.56 Å². The van der Waals surface area contributed by atoms with Crippen LogP contribution in [0.1, 0.15) is 15.9 Å². The highest BCUT2D eigenvalue weighted by Crippen LogP contribution is 2.23. The van der Waals surface area contributed by atoms with E-state index in [1.54, 1.807) is 42.7 Å². The van der Waals surface area contributed by atoms with Crippen LogP contribution in [0, 0.1) is 6.92 Å². The van der Waals surface area contributed by atoms with Crippen LogP contribution in [0.3, 0.4) is 0 Å². The van der Waals surface area contributed by atoms with Gasteiger partial charge in [-0.2, -0.15) is 0 Å². The lowest BCUT2D eigenvalue weighted by molar-refractivity contribution is 0.102. The summed E-state index contributed by atoms with van der Waals surface area (Å²) in [4.78, 5) is 16.2. The molecule has 3 aromatic rings. The van der Waals surface area contributed by atoms with Gasteiger partial charge in [0.25, 0.3) is 5.91 Å². The molecular weight excluding hydrogens is 288 g/mol. The standard InChI is InChI=1S/C19H16N2O2/c1-14-7-9-17(10-8-14)23-18-6-2-4-15(12-18)19(22)21-16-5-3-11-20-13-16/h2-13H,1H3,(H,21,22). The monoisotopic (exact) mass is 304 g/mol. The first-order valence-corrected chi connectivity index (χ1v) is 7.27. The van der Waals surface area contributed by atoms with E-state index in [0.29, 0.717) is 17.0 Å². The fourth-order valence-electron chi connectivity index (χ4n) is 2.08. The Morgan fingerprint density at radius 1 is 1.00 bits per heavy atom. The van der Waals surface area contributed by atoms with Crippen molar-refractivity contribution in [1.29, 1.82) is 0 Å². The second kappa shape index (κ2) is 6.75. The maximum atomic E-state index is 12.3. The lowest BCUT2D eigenvalue weighted by Crippen LogP contribution is -2.11. The van der Waals surface area contributed by atoms with Crippen molar-refractivity contribution in [3.05, 3.63) is 84.2 Å². The Morgan fingerprint density at radius 3 is 2.57 bits per heavy atom. The number of amides is 1. The van der Waals surface area contributed by atoms with Gasteiger partial charge in [0.2, 0.25) is 0 Å². The molecule has 3 rings (SSSR count). The minimum absolute atomic E-state index is 0.202. The molecule has 1 N–H and O–H groups in total. The molecule has 23 heavy (non-hydrogen) atoms. The van der Waals surface area contributed by atoms with E-state index in [2.05, 4.69) is 10.3 Å². The number of rotatable bonds is 4. The van der Waals surface area contributed by atoms with Crippen molar-refractivity contribution in [2.45, 2.75) is 6.92 Å². The minimum atomic E-state index is -0.202. The lowest BCUT2D eigenvalue weighted by atomic mass is 10.2. The summed E-state index contributed by atoms with van der Waals surface area (Å²) >= 11 is 0. The molecule has 0 bridgehead atoms. The predicted octanol–water partition coefficient (Wildman–Crippen LogP) is 4.43. The topological polar surface area (TPSA) is 51.2 Å². The summed E-state index contributed by atoms with van der Waals surface area (Å²) in [6.07, 6.45) is 3.26. The molecule has 0 atom stereocenters. The molecule has 114 valence electrons. The molecule has 0 aliphatic heterocycles. The van der Waals surface area contributed by atoms with Gasteiger partial charge in [-0.1, -0.05) is 23.8 Å². The van der Waals surface area contributed by atoms with Crippen molar-refractivity contribution in [2.24, 2.45) is 0 Å². The van der Waals surface area contributed by atoms with Crippen molar-refractivity contribution in [3.8, 4) is 11.5 Å². The average Bonchev–Trinajstić information content (AvgIpc) is 2.58. The zero-order chi connectivity index (χ0) is 16.1. The number of aryl methyl sites for hydroxylation is 1. The molecular formula is C19H16N2O2. The van der Waals surface area contributed by atoms with Gasteiger partial charge in [-0.3, -0.25) is 9.78 Å². The van der Waals surface area contributed by atoms with Gasteiger partial charge in [0.15, 0.2) is 0 Å². The molecule has 4 heteroatoms. The number of anilines is 1. The van der Waals surface area contributed by atoms with Crippen LogP contribution in [0.2, 0.25) is 0 Å². The molecule has 0 saturated heterocycles. The van der Waals surface area contributed by atoms with Gasteiger partial charge in [-0.25, -0.2) is 0 Å². The smallest absolute Gasteiger partial charge is 0.255 e. The van der Waals surface area contributed by atoms with Crippen LogP contribution in [-0.2, 0) is 0 Å². The quantitative estimate of drug-likeness (QED) is 0.775. The van der Waals surface area contributed by atoms with Crippen LogP contribution in [0.15, 0.2) is 73.1 Å². The van der Waals surface area contributed by atoms with Gasteiger partial charge in [0, 0.05) is 11.8 Å². The van der Waals surface area contributed by atoms with Crippen LogP contribution in [0.25, 0.3) is 0 Å². The van der Waals surface area contributed by atoms with E-state index in [-0.39, 0.29) is 5.91 Å². The maximum absolute atomic E-state index is 12.3. The molecule has 0 aliphatic rings. The van der Waals surface area contributed by atoms with E-state index in [1.807, 2.05) is 37.3 Å². The molecule has 0 saturated carbocycles. The molecule has 1 amide bonds. The number of nitrogens with one attached hydrogen (secondary N) is 1. The largest absolute Gasteiger partial charge is 0.457 e. The highest BCUT2D eigenvalue weighted by atomic mass is 16.5. The second-order valence-electron chi connectivity index (χ2n) is 5.14. The Labute approximate surface area is 134 Å². The molecule has 4 nitrogen and oxygen atoms in total. The third kappa shape index (κ3) is 3.95. The van der Waals surface area contributed by atoms with Crippen LogP contribution in [0.4, 0.5) is 5.69 Å². The van der Waals surface area contributed by atoms with Gasteiger partial charge < -0.3 is 10.1 Å². The van der Waals surface area contributed by atoms with Crippen molar-refractivity contribution in [2.75, 3.05) is 5.32 Å². The van der Waals surface area contributed by atoms with Gasteiger partial charge in [-0.05, 0) is 49.4 Å². The summed E-state index contributed by atoms with van der Waals surface area (Å²) in [7, 11) is 0. The zero-order valence-electron chi connectivity index (χ0n) is 12.7. The number of aromatic nitrogens is 1. The first-order chi connectivity index (χ1) is 11.2. The summed E-state index contributed by atoms with van der Waals surface area (Å²) in [6, 6.07) is 18.4. The molecule has 1 heterocycles. The van der Waals surface area contributed by atoms with Gasteiger partial charge in [0.05, 0.1) is 11.9 Å². The highest BCUT2D eigenvalue weighted by molar-refractivity contribution is 6.04. The third-order valence-electron chi connectivity index (χ3n) is 3.27. The summed E-state index contributed by atoms with van der Waals surface area (Å²) in [5.41, 5.74) is 2.35. The van der Waals surface area contributed by atoms with E-state index in [4.69, 9.17) is 4.74 Å². The van der Waals surface area contributed by atoms with E-state index >= 15 is 0 Å². The number of hydrogen-bond donors (Lipinski definition) is 1. The van der Waals surface area contributed by atoms with Crippen molar-refractivity contribution >= 4 is 11.6 Å². The predicted molar refractivity (Wildman–Crippen MR) is 89.9 cm³/mol. The molecule has 0 radical (unpaired) electrons. The first kappa shape index (κ1) is 14.8. The highest BCUT2D eigenvalue weighted by Gasteiger charge is 2.08. The summed E-state index contributed by atoms with van der Waals surface area (Å²) in [5, 5.41) is 2.80. The van der Waals surface area contributed by atoms with Crippen molar-refractivity contribution in [1.82, 2.24) is 4.98 Å². The fraction of sp³-hybridized carbons (Fsp3) is 0.0526. The molecule has 2 aromatic carbocycles. The summed E-state index contributed by atoms with van der Waals surface area (Å²) < 4.78 is 5.78. The second-order valence-corrected chi connectivity index (χ2v) is 5.14. The Bertz CT molecular complexity index is 799. The molecule has 1 aromatic heterocycles. The number of hydrogen-bond acceptors (Lipinski definition) is 3. The van der Waals surface area contributed by atoms with E-state index in [0.717, 1.165) is 5.75 Å².